The van der Waals surface area contributed by atoms with E-state index in [2.05, 4.69) is 29.6 Å². The van der Waals surface area contributed by atoms with E-state index in [9.17, 15) is 9.59 Å². The lowest BCUT2D eigenvalue weighted by Gasteiger charge is -2.23. The van der Waals surface area contributed by atoms with E-state index in [0.717, 1.165) is 31.2 Å². The first-order valence-electron chi connectivity index (χ1n) is 9.72. The van der Waals surface area contributed by atoms with Crippen molar-refractivity contribution in [2.24, 2.45) is 5.92 Å². The average molecular weight is 386 g/mol. The fraction of sp³-hybridized carbons (Fsp3) is 0.455. The van der Waals surface area contributed by atoms with Crippen LogP contribution in [-0.2, 0) is 22.4 Å². The third-order valence-corrected chi connectivity index (χ3v) is 6.48. The summed E-state index contributed by atoms with van der Waals surface area (Å²) in [6.07, 6.45) is 3.50. The molecule has 0 unspecified atom stereocenters. The van der Waals surface area contributed by atoms with E-state index >= 15 is 0 Å². The predicted molar refractivity (Wildman–Crippen MR) is 110 cm³/mol. The Morgan fingerprint density at radius 3 is 2.67 bits per heavy atom. The highest BCUT2D eigenvalue weighted by molar-refractivity contribution is 7.17. The van der Waals surface area contributed by atoms with Crippen molar-refractivity contribution in [2.45, 2.75) is 52.4 Å². The van der Waals surface area contributed by atoms with Gasteiger partial charge < -0.3 is 10.1 Å². The molecule has 1 aliphatic rings. The van der Waals surface area contributed by atoms with Gasteiger partial charge in [0, 0.05) is 10.8 Å². The Kier molecular flexibility index (Phi) is 6.32. The summed E-state index contributed by atoms with van der Waals surface area (Å²) >= 11 is 1.54. The van der Waals surface area contributed by atoms with Gasteiger partial charge >= 0.3 is 5.97 Å². The summed E-state index contributed by atoms with van der Waals surface area (Å²) in [6, 6.07) is 10.5. The normalized spacial score (nSPS) is 17.1. The van der Waals surface area contributed by atoms with Crippen molar-refractivity contribution in [1.29, 1.82) is 0 Å². The second-order valence-corrected chi connectivity index (χ2v) is 8.18. The van der Waals surface area contributed by atoms with Gasteiger partial charge in [-0.3, -0.25) is 4.79 Å². The molecule has 1 aliphatic carbocycles. The predicted octanol–water partition coefficient (Wildman–Crippen LogP) is 5.18. The van der Waals surface area contributed by atoms with E-state index in [0.29, 0.717) is 23.1 Å². The van der Waals surface area contributed by atoms with Gasteiger partial charge in [-0.2, -0.15) is 0 Å². The number of hydrogen-bond donors (Lipinski definition) is 1. The molecule has 1 amide bonds. The molecule has 0 radical (unpaired) electrons. The minimum absolute atomic E-state index is 0.0405. The molecule has 0 spiro atoms. The molecule has 1 N–H and O–H groups in total. The standard InChI is InChI=1S/C22H27NO3S/c1-4-14(3)20(24)23-21-19(22(25)26-5-2)17-12-11-16(13-18(17)27-21)15-9-7-6-8-10-15/h6-10,14,16H,4-5,11-13H2,1-3H3,(H,23,24)/t14-,16+/m0/s1. The van der Waals surface area contributed by atoms with Crippen LogP contribution in [-0.4, -0.2) is 18.5 Å². The number of rotatable bonds is 6. The zero-order valence-electron chi connectivity index (χ0n) is 16.2. The molecule has 0 aliphatic heterocycles. The smallest absolute Gasteiger partial charge is 0.341 e. The molecule has 3 rings (SSSR count). The van der Waals surface area contributed by atoms with Crippen LogP contribution in [0.25, 0.3) is 0 Å². The monoisotopic (exact) mass is 385 g/mol. The Hall–Kier alpha value is -2.14. The molecule has 0 bridgehead atoms. The van der Waals surface area contributed by atoms with E-state index in [1.165, 1.54) is 21.8 Å². The summed E-state index contributed by atoms with van der Waals surface area (Å²) in [5, 5.41) is 3.64. The first-order chi connectivity index (χ1) is 13.0. The molecular formula is C22H27NO3S. The number of amides is 1. The number of hydrogen-bond acceptors (Lipinski definition) is 4. The topological polar surface area (TPSA) is 55.4 Å². The van der Waals surface area contributed by atoms with Crippen LogP contribution in [0.1, 0.15) is 65.9 Å². The number of ether oxygens (including phenoxy) is 1. The van der Waals surface area contributed by atoms with Crippen LogP contribution in [0.15, 0.2) is 30.3 Å². The van der Waals surface area contributed by atoms with E-state index in [4.69, 9.17) is 4.74 Å². The van der Waals surface area contributed by atoms with E-state index < -0.39 is 0 Å². The lowest BCUT2D eigenvalue weighted by molar-refractivity contribution is -0.119. The second kappa shape index (κ2) is 8.70. The Labute approximate surface area is 164 Å². The number of nitrogens with one attached hydrogen (secondary N) is 1. The van der Waals surface area contributed by atoms with Gasteiger partial charge in [0.05, 0.1) is 12.2 Å². The Morgan fingerprint density at radius 1 is 1.26 bits per heavy atom. The van der Waals surface area contributed by atoms with Gasteiger partial charge in [-0.15, -0.1) is 11.3 Å². The van der Waals surface area contributed by atoms with Crippen LogP contribution in [0, 0.1) is 5.92 Å². The zero-order valence-corrected chi connectivity index (χ0v) is 17.0. The van der Waals surface area contributed by atoms with Gasteiger partial charge in [-0.25, -0.2) is 4.79 Å². The maximum Gasteiger partial charge on any atom is 0.341 e. The number of anilines is 1. The van der Waals surface area contributed by atoms with E-state index in [1.807, 2.05) is 19.9 Å². The number of fused-ring (bicyclic) bond motifs is 1. The third kappa shape index (κ3) is 4.24. The van der Waals surface area contributed by atoms with Gasteiger partial charge in [-0.05, 0) is 49.7 Å². The molecule has 1 heterocycles. The molecule has 27 heavy (non-hydrogen) atoms. The summed E-state index contributed by atoms with van der Waals surface area (Å²) in [5.74, 6) is -0.00405. The van der Waals surface area contributed by atoms with E-state index in [1.54, 1.807) is 6.92 Å². The van der Waals surface area contributed by atoms with Crippen molar-refractivity contribution < 1.29 is 14.3 Å². The van der Waals surface area contributed by atoms with Gasteiger partial charge in [0.2, 0.25) is 5.91 Å². The maximum atomic E-state index is 12.6. The fourth-order valence-corrected chi connectivity index (χ4v) is 4.84. The van der Waals surface area contributed by atoms with Crippen molar-refractivity contribution >= 4 is 28.2 Å². The highest BCUT2D eigenvalue weighted by Crippen LogP contribution is 2.43. The molecule has 0 saturated heterocycles. The van der Waals surface area contributed by atoms with Gasteiger partial charge in [0.15, 0.2) is 0 Å². The summed E-state index contributed by atoms with van der Waals surface area (Å²) < 4.78 is 5.29. The minimum Gasteiger partial charge on any atom is -0.462 e. The molecule has 2 aromatic rings. The van der Waals surface area contributed by atoms with Crippen molar-refractivity contribution in [1.82, 2.24) is 0 Å². The third-order valence-electron chi connectivity index (χ3n) is 5.31. The SMILES string of the molecule is CCOC(=O)c1c(NC(=O)[C@@H](C)CC)sc2c1CC[C@@H](c1ccccc1)C2. The lowest BCUT2D eigenvalue weighted by Crippen LogP contribution is -2.21. The van der Waals surface area contributed by atoms with Crippen molar-refractivity contribution in [3.63, 3.8) is 0 Å². The quantitative estimate of drug-likeness (QED) is 0.697. The lowest BCUT2D eigenvalue weighted by atomic mass is 9.83. The van der Waals surface area contributed by atoms with Gasteiger partial charge in [0.25, 0.3) is 0 Å². The minimum atomic E-state index is -0.326. The summed E-state index contributed by atoms with van der Waals surface area (Å²) in [5.41, 5.74) is 2.96. The highest BCUT2D eigenvalue weighted by Gasteiger charge is 2.31. The highest BCUT2D eigenvalue weighted by atomic mass is 32.1. The van der Waals surface area contributed by atoms with Crippen LogP contribution in [0.3, 0.4) is 0 Å². The Morgan fingerprint density at radius 2 is 2.00 bits per heavy atom. The largest absolute Gasteiger partial charge is 0.462 e. The van der Waals surface area contributed by atoms with Crippen LogP contribution in [0.5, 0.6) is 0 Å². The summed E-state index contributed by atoms with van der Waals surface area (Å²) in [6.45, 7) is 6.02. The molecule has 1 aromatic carbocycles. The van der Waals surface area contributed by atoms with Crippen molar-refractivity contribution in [2.75, 3.05) is 11.9 Å². The number of thiophene rings is 1. The average Bonchev–Trinajstić information content (AvgIpc) is 3.05. The summed E-state index contributed by atoms with van der Waals surface area (Å²) in [7, 11) is 0. The van der Waals surface area contributed by atoms with Crippen LogP contribution in [0.2, 0.25) is 0 Å². The van der Waals surface area contributed by atoms with Crippen molar-refractivity contribution in [3.8, 4) is 0 Å². The van der Waals surface area contributed by atoms with Crippen LogP contribution in [0.4, 0.5) is 5.00 Å². The number of esters is 1. The first kappa shape index (κ1) is 19.6. The fourth-order valence-electron chi connectivity index (χ4n) is 3.52. The van der Waals surface area contributed by atoms with Crippen LogP contribution >= 0.6 is 11.3 Å². The van der Waals surface area contributed by atoms with Crippen LogP contribution < -0.4 is 5.32 Å². The molecule has 0 saturated carbocycles. The molecule has 4 nitrogen and oxygen atoms in total. The Balaban J connectivity index is 1.92. The first-order valence-corrected chi connectivity index (χ1v) is 10.5. The molecule has 5 heteroatoms. The maximum absolute atomic E-state index is 12.6. The molecule has 144 valence electrons. The van der Waals surface area contributed by atoms with Gasteiger partial charge in [0.1, 0.15) is 5.00 Å². The number of benzene rings is 1. The molecule has 0 fully saturated rings. The van der Waals surface area contributed by atoms with Crippen molar-refractivity contribution in [3.05, 3.63) is 51.9 Å². The second-order valence-electron chi connectivity index (χ2n) is 7.08. The van der Waals surface area contributed by atoms with E-state index in [-0.39, 0.29) is 17.8 Å². The molecule has 2 atom stereocenters. The van der Waals surface area contributed by atoms with Gasteiger partial charge in [-0.1, -0.05) is 44.2 Å². The molecular weight excluding hydrogens is 358 g/mol. The molecule has 1 aromatic heterocycles. The Bertz CT molecular complexity index is 812. The summed E-state index contributed by atoms with van der Waals surface area (Å²) in [4.78, 5) is 26.2. The number of carbonyl (C=O) groups excluding carboxylic acids is 2. The number of carbonyl (C=O) groups is 2. The zero-order chi connectivity index (χ0) is 19.4.